The third kappa shape index (κ3) is 5.71. The molecular formula is C28H35N5O4. The van der Waals surface area contributed by atoms with Gasteiger partial charge >= 0.3 is 0 Å². The monoisotopic (exact) mass is 505 g/mol. The smallest absolute Gasteiger partial charge is 0.265 e. The van der Waals surface area contributed by atoms with Crippen molar-refractivity contribution in [3.8, 4) is 5.75 Å². The van der Waals surface area contributed by atoms with Gasteiger partial charge < -0.3 is 15.0 Å². The van der Waals surface area contributed by atoms with Crippen LogP contribution in [0.3, 0.4) is 0 Å². The quantitative estimate of drug-likeness (QED) is 0.116. The Morgan fingerprint density at radius 2 is 1.78 bits per heavy atom. The molecule has 1 heterocycles. The van der Waals surface area contributed by atoms with Gasteiger partial charge in [-0.3, -0.25) is 14.9 Å². The Morgan fingerprint density at radius 3 is 2.35 bits per heavy atom. The largest absolute Gasteiger partial charge is 0.486 e. The Morgan fingerprint density at radius 1 is 1.08 bits per heavy atom. The number of nitrogens with zero attached hydrogens (tertiary/aromatic N) is 2. The fourth-order valence-electron chi connectivity index (χ4n) is 4.30. The lowest BCUT2D eigenvalue weighted by molar-refractivity contribution is -0.128. The van der Waals surface area contributed by atoms with Gasteiger partial charge in [-0.05, 0) is 61.2 Å². The average molecular weight is 506 g/mol. The van der Waals surface area contributed by atoms with Gasteiger partial charge in [-0.15, -0.1) is 10.2 Å². The van der Waals surface area contributed by atoms with E-state index in [2.05, 4.69) is 35.4 Å². The van der Waals surface area contributed by atoms with E-state index >= 15 is 0 Å². The number of fused-ring (bicyclic) bond motifs is 1. The summed E-state index contributed by atoms with van der Waals surface area (Å²) in [7, 11) is 0. The van der Waals surface area contributed by atoms with Gasteiger partial charge in [0.05, 0.1) is 5.41 Å². The number of hydrogen-bond acceptors (Lipinski definition) is 7. The van der Waals surface area contributed by atoms with E-state index in [0.717, 1.165) is 35.1 Å². The van der Waals surface area contributed by atoms with Crippen molar-refractivity contribution in [2.45, 2.75) is 59.8 Å². The van der Waals surface area contributed by atoms with Crippen LogP contribution < -0.4 is 15.9 Å². The van der Waals surface area contributed by atoms with Crippen LogP contribution in [0.5, 0.6) is 5.75 Å². The second-order valence-electron chi connectivity index (χ2n) is 10.1. The summed E-state index contributed by atoms with van der Waals surface area (Å²) in [5, 5.41) is 9.49. The van der Waals surface area contributed by atoms with Crippen LogP contribution in [0.2, 0.25) is 0 Å². The Balaban J connectivity index is 1.94. The number of amides is 1. The number of Topliss-reactive ketones (excluding diaryl/α,β-unsaturated/α-hetero) is 1. The van der Waals surface area contributed by atoms with E-state index in [9.17, 15) is 9.59 Å². The molecule has 37 heavy (non-hydrogen) atoms. The van der Waals surface area contributed by atoms with Crippen LogP contribution in [-0.2, 0) is 10.2 Å². The van der Waals surface area contributed by atoms with Gasteiger partial charge in [0, 0.05) is 16.4 Å². The number of aryl methyl sites for hydroxylation is 1. The molecule has 3 aromatic rings. The molecular weight excluding hydrogens is 470 g/mol. The summed E-state index contributed by atoms with van der Waals surface area (Å²) in [5.41, 5.74) is 9.21. The highest BCUT2D eigenvalue weighted by molar-refractivity contribution is 6.07. The number of carbonyl (C=O) groups is 2. The first-order valence-corrected chi connectivity index (χ1v) is 12.3. The second-order valence-corrected chi connectivity index (χ2v) is 10.1. The molecule has 0 aliphatic rings. The maximum Gasteiger partial charge on any atom is 0.265 e. The topological polar surface area (TPSA) is 143 Å². The number of ether oxygens (including phenoxy) is 1. The molecule has 1 aromatic heterocycles. The van der Waals surface area contributed by atoms with Crippen LogP contribution in [0, 0.1) is 17.9 Å². The number of benzene rings is 2. The van der Waals surface area contributed by atoms with Gasteiger partial charge in [-0.25, -0.2) is 5.53 Å². The molecule has 0 saturated carbocycles. The van der Waals surface area contributed by atoms with Crippen LogP contribution in [0.25, 0.3) is 11.0 Å². The Kier molecular flexibility index (Phi) is 8.15. The lowest BCUT2D eigenvalue weighted by atomic mass is 9.73. The minimum atomic E-state index is -0.474. The second kappa shape index (κ2) is 10.9. The van der Waals surface area contributed by atoms with Crippen molar-refractivity contribution in [2.75, 3.05) is 6.61 Å². The fraction of sp³-hybridized carbons (Fsp3) is 0.393. The van der Waals surface area contributed by atoms with Crippen LogP contribution in [0.4, 0.5) is 0 Å². The van der Waals surface area contributed by atoms with E-state index in [1.54, 1.807) is 18.2 Å². The number of nitrogens with one attached hydrogen (secondary N) is 2. The highest BCUT2D eigenvalue weighted by Gasteiger charge is 2.35. The molecule has 3 rings (SSSR count). The van der Waals surface area contributed by atoms with Crippen molar-refractivity contribution >= 4 is 28.6 Å². The van der Waals surface area contributed by atoms with Crippen LogP contribution in [0.1, 0.15) is 74.7 Å². The summed E-state index contributed by atoms with van der Waals surface area (Å²) in [4.78, 5) is 24.8. The van der Waals surface area contributed by atoms with Crippen molar-refractivity contribution in [1.29, 1.82) is 5.53 Å². The van der Waals surface area contributed by atoms with Crippen molar-refractivity contribution in [3.05, 3.63) is 64.9 Å². The van der Waals surface area contributed by atoms with Gasteiger partial charge in [-0.1, -0.05) is 46.8 Å². The molecule has 2 aromatic carbocycles. The van der Waals surface area contributed by atoms with Crippen molar-refractivity contribution in [2.24, 2.45) is 21.5 Å². The zero-order valence-corrected chi connectivity index (χ0v) is 22.3. The van der Waals surface area contributed by atoms with Crippen molar-refractivity contribution in [1.82, 2.24) is 5.32 Å². The molecule has 196 valence electrons. The maximum atomic E-state index is 12.5. The molecule has 0 radical (unpaired) electrons. The number of guanidine groups is 1. The molecule has 0 atom stereocenters. The third-order valence-electron chi connectivity index (χ3n) is 6.83. The first kappa shape index (κ1) is 27.6. The minimum Gasteiger partial charge on any atom is -0.486 e. The van der Waals surface area contributed by atoms with Gasteiger partial charge in [0.15, 0.2) is 5.78 Å². The molecule has 0 aliphatic heterocycles. The molecule has 0 saturated heterocycles. The number of hydrogen-bond donors (Lipinski definition) is 3. The Bertz CT molecular complexity index is 1350. The summed E-state index contributed by atoms with van der Waals surface area (Å²) >= 11 is 0. The number of ketones is 1. The lowest BCUT2D eigenvalue weighted by Crippen LogP contribution is -2.29. The predicted octanol–water partition coefficient (Wildman–Crippen LogP) is 5.83. The number of rotatable bonds is 8. The first-order valence-electron chi connectivity index (χ1n) is 12.3. The highest BCUT2D eigenvalue weighted by Crippen LogP contribution is 2.42. The summed E-state index contributed by atoms with van der Waals surface area (Å²) in [6.07, 6.45) is 1.58. The minimum absolute atomic E-state index is 0.0321. The average Bonchev–Trinajstić information content (AvgIpc) is 3.30. The molecule has 0 bridgehead atoms. The highest BCUT2D eigenvalue weighted by atomic mass is 16.5. The standard InChI is InChI=1S/C28H35N5O4/c1-7-28(8-2,20-10-12-21(17(3)13-20)36-16-23(34)27(4,5)6)24-15-19-14-18(9-11-22(19)37-24)25(35)31-26(32-29)33-30/h9-15,29H,7-8,16,30H2,1-6H3,(H,31,33,35). The zero-order valence-electron chi connectivity index (χ0n) is 22.3. The van der Waals surface area contributed by atoms with Crippen LogP contribution in [-0.4, -0.2) is 24.3 Å². The Labute approximate surface area is 217 Å². The SMILES string of the molecule is CCC(CC)(c1ccc(OCC(=O)C(C)(C)C)c(C)c1)c1cc2cc(C(=O)NC(N=N)=NN)ccc2o1. The molecule has 0 spiro atoms. The van der Waals surface area contributed by atoms with Gasteiger partial charge in [-0.2, -0.15) is 0 Å². The van der Waals surface area contributed by atoms with E-state index in [1.165, 1.54) is 0 Å². The zero-order chi connectivity index (χ0) is 27.4. The normalized spacial score (nSPS) is 12.4. The number of carbonyl (C=O) groups excluding carboxylic acids is 2. The van der Waals surface area contributed by atoms with Crippen molar-refractivity contribution < 1.29 is 18.7 Å². The van der Waals surface area contributed by atoms with Crippen LogP contribution in [0.15, 0.2) is 57.1 Å². The molecule has 0 unspecified atom stereocenters. The number of nitrogens with two attached hydrogens (primary N) is 1. The van der Waals surface area contributed by atoms with E-state index in [0.29, 0.717) is 16.9 Å². The summed E-state index contributed by atoms with van der Waals surface area (Å²) in [6, 6.07) is 13.1. The van der Waals surface area contributed by atoms with E-state index in [4.69, 9.17) is 20.5 Å². The molecule has 0 fully saturated rings. The summed E-state index contributed by atoms with van der Waals surface area (Å²) in [6.45, 7) is 11.9. The number of hydrazone groups is 1. The Hall–Kier alpha value is -4.01. The van der Waals surface area contributed by atoms with E-state index < -0.39 is 16.7 Å². The lowest BCUT2D eigenvalue weighted by Gasteiger charge is -2.31. The summed E-state index contributed by atoms with van der Waals surface area (Å²) < 4.78 is 12.2. The molecule has 9 heteroatoms. The molecule has 4 N–H and O–H groups in total. The predicted molar refractivity (Wildman–Crippen MR) is 143 cm³/mol. The fourth-order valence-corrected chi connectivity index (χ4v) is 4.30. The summed E-state index contributed by atoms with van der Waals surface area (Å²) in [5.74, 6) is 5.90. The van der Waals surface area contributed by atoms with Gasteiger partial charge in [0.1, 0.15) is 23.7 Å². The number of furan rings is 1. The van der Waals surface area contributed by atoms with Gasteiger partial charge in [0.2, 0.25) is 0 Å². The maximum absolute atomic E-state index is 12.5. The molecule has 1 amide bonds. The molecule has 9 nitrogen and oxygen atoms in total. The third-order valence-corrected chi connectivity index (χ3v) is 6.83. The molecule has 0 aliphatic carbocycles. The van der Waals surface area contributed by atoms with Gasteiger partial charge in [0.25, 0.3) is 11.9 Å². The first-order chi connectivity index (χ1) is 17.5. The van der Waals surface area contributed by atoms with E-state index in [-0.39, 0.29) is 18.3 Å². The van der Waals surface area contributed by atoms with Crippen LogP contribution >= 0.6 is 0 Å². The van der Waals surface area contributed by atoms with E-state index in [1.807, 2.05) is 45.9 Å². The van der Waals surface area contributed by atoms with Crippen molar-refractivity contribution in [3.63, 3.8) is 0 Å².